The first-order valence-corrected chi connectivity index (χ1v) is 8.80. The zero-order chi connectivity index (χ0) is 17.3. The molecule has 3 aliphatic rings. The summed E-state index contributed by atoms with van der Waals surface area (Å²) in [6.45, 7) is 2.07. The summed E-state index contributed by atoms with van der Waals surface area (Å²) in [5.74, 6) is 0.960. The summed E-state index contributed by atoms with van der Waals surface area (Å²) in [6.07, 6.45) is 2.22. The minimum atomic E-state index is -1.03. The van der Waals surface area contributed by atoms with Gasteiger partial charge in [-0.15, -0.1) is 0 Å². The second-order valence-corrected chi connectivity index (χ2v) is 7.73. The second kappa shape index (κ2) is 4.96. The summed E-state index contributed by atoms with van der Waals surface area (Å²) >= 11 is 0. The van der Waals surface area contributed by atoms with Crippen LogP contribution in [0.5, 0.6) is 11.5 Å². The van der Waals surface area contributed by atoms with Gasteiger partial charge in [-0.05, 0) is 45.5 Å². The Labute approximate surface area is 142 Å². The van der Waals surface area contributed by atoms with E-state index >= 15 is 0 Å². The Morgan fingerprint density at radius 2 is 2.12 bits per heavy atom. The van der Waals surface area contributed by atoms with Crippen LogP contribution >= 0.6 is 0 Å². The zero-order valence-corrected chi connectivity index (χ0v) is 14.5. The summed E-state index contributed by atoms with van der Waals surface area (Å²) in [5.41, 5.74) is -0.0744. The number of benzene rings is 1. The Bertz CT molecular complexity index is 716. The van der Waals surface area contributed by atoms with Crippen molar-refractivity contribution in [2.45, 2.75) is 62.2 Å². The molecule has 1 aliphatic heterocycles. The number of hydrogen-bond donors (Lipinski definition) is 2. The lowest BCUT2D eigenvalue weighted by Gasteiger charge is -2.58. The number of hydrogen-bond acceptors (Lipinski definition) is 5. The Hall–Kier alpha value is -1.59. The molecule has 1 fully saturated rings. The van der Waals surface area contributed by atoms with Crippen molar-refractivity contribution >= 4 is 5.78 Å². The van der Waals surface area contributed by atoms with Gasteiger partial charge in [-0.25, -0.2) is 0 Å². The van der Waals surface area contributed by atoms with Gasteiger partial charge in [0.05, 0.1) is 11.0 Å². The van der Waals surface area contributed by atoms with Crippen molar-refractivity contribution in [3.8, 4) is 11.5 Å². The van der Waals surface area contributed by atoms with Crippen LogP contribution in [0.3, 0.4) is 0 Å². The molecule has 2 aliphatic carbocycles. The first-order valence-electron chi connectivity index (χ1n) is 8.80. The van der Waals surface area contributed by atoms with E-state index in [1.165, 1.54) is 0 Å². The topological polar surface area (TPSA) is 70.0 Å². The van der Waals surface area contributed by atoms with E-state index in [4.69, 9.17) is 4.74 Å². The van der Waals surface area contributed by atoms with Crippen LogP contribution in [0.1, 0.15) is 43.7 Å². The number of phenols is 1. The lowest BCUT2D eigenvalue weighted by molar-refractivity contribution is -0.168. The van der Waals surface area contributed by atoms with Crippen LogP contribution < -0.4 is 4.74 Å². The molecule has 2 N–H and O–H groups in total. The molecule has 3 unspecified atom stereocenters. The van der Waals surface area contributed by atoms with Gasteiger partial charge in [0.2, 0.25) is 0 Å². The van der Waals surface area contributed by atoms with Crippen molar-refractivity contribution in [1.29, 1.82) is 0 Å². The van der Waals surface area contributed by atoms with E-state index in [0.717, 1.165) is 17.5 Å². The van der Waals surface area contributed by atoms with Crippen LogP contribution in [0.15, 0.2) is 12.1 Å². The zero-order valence-electron chi connectivity index (χ0n) is 14.5. The van der Waals surface area contributed by atoms with Gasteiger partial charge in [-0.3, -0.25) is 4.79 Å². The third-order valence-corrected chi connectivity index (χ3v) is 6.42. The average Bonchev–Trinajstić information content (AvgIpc) is 2.87. The number of rotatable bonds is 3. The van der Waals surface area contributed by atoms with Crippen LogP contribution in [0, 0.1) is 0 Å². The Kier molecular flexibility index (Phi) is 3.29. The van der Waals surface area contributed by atoms with Crippen molar-refractivity contribution in [1.82, 2.24) is 4.90 Å². The maximum absolute atomic E-state index is 12.7. The lowest BCUT2D eigenvalue weighted by atomic mass is 9.50. The fraction of sp³-hybridized carbons (Fsp3) is 0.632. The number of nitrogens with zero attached hydrogens (tertiary/aromatic N) is 1. The van der Waals surface area contributed by atoms with Gasteiger partial charge in [0.1, 0.15) is 11.5 Å². The molecule has 0 saturated heterocycles. The fourth-order valence-corrected chi connectivity index (χ4v) is 5.52. The molecule has 4 atom stereocenters. The number of Topliss-reactive ketones (excluding diaryl/α,β-unsaturated/α-hetero) is 1. The number of aromatic hydroxyl groups is 1. The third kappa shape index (κ3) is 1.64. The van der Waals surface area contributed by atoms with Gasteiger partial charge >= 0.3 is 0 Å². The molecule has 0 spiro atoms. The largest absolute Gasteiger partial charge is 0.508 e. The van der Waals surface area contributed by atoms with Crippen molar-refractivity contribution in [2.75, 3.05) is 14.1 Å². The molecule has 1 aromatic rings. The van der Waals surface area contributed by atoms with E-state index in [9.17, 15) is 15.0 Å². The molecule has 1 aromatic carbocycles. The molecule has 0 radical (unpaired) electrons. The van der Waals surface area contributed by atoms with E-state index in [1.807, 2.05) is 19.0 Å². The summed E-state index contributed by atoms with van der Waals surface area (Å²) in [7, 11) is 3.91. The number of likely N-dealkylation sites (N-methyl/N-ethyl adjacent to an activating group) is 1. The minimum absolute atomic E-state index is 0.0640. The average molecular weight is 331 g/mol. The van der Waals surface area contributed by atoms with Crippen molar-refractivity contribution in [3.05, 3.63) is 23.3 Å². The highest BCUT2D eigenvalue weighted by atomic mass is 16.5. The quantitative estimate of drug-likeness (QED) is 0.883. The van der Waals surface area contributed by atoms with E-state index in [1.54, 1.807) is 12.1 Å². The van der Waals surface area contributed by atoms with Crippen LogP contribution in [-0.2, 0) is 16.6 Å². The molecule has 1 saturated carbocycles. The SMILES string of the molecule is CCC[C@@]12c3c4ccc(O)c3CC(N(C)C)C1(O)CCC(=O)C2O4. The van der Waals surface area contributed by atoms with E-state index < -0.39 is 17.1 Å². The van der Waals surface area contributed by atoms with Gasteiger partial charge in [-0.2, -0.15) is 0 Å². The molecular formula is C19H25NO4. The molecule has 0 aromatic heterocycles. The number of carbonyl (C=O) groups is 1. The number of ketones is 1. The van der Waals surface area contributed by atoms with E-state index in [0.29, 0.717) is 31.4 Å². The number of ether oxygens (including phenoxy) is 1. The van der Waals surface area contributed by atoms with Crippen LogP contribution in [-0.4, -0.2) is 52.7 Å². The number of carbonyl (C=O) groups excluding carboxylic acids is 1. The van der Waals surface area contributed by atoms with Gasteiger partial charge < -0.3 is 19.8 Å². The Balaban J connectivity index is 2.06. The van der Waals surface area contributed by atoms with E-state index in [-0.39, 0.29) is 17.6 Å². The Morgan fingerprint density at radius 3 is 2.79 bits per heavy atom. The molecule has 130 valence electrons. The highest BCUT2D eigenvalue weighted by Crippen LogP contribution is 2.62. The fourth-order valence-electron chi connectivity index (χ4n) is 5.52. The molecule has 5 nitrogen and oxygen atoms in total. The molecule has 0 bridgehead atoms. The second-order valence-electron chi connectivity index (χ2n) is 7.73. The predicted molar refractivity (Wildman–Crippen MR) is 89.5 cm³/mol. The molecule has 0 amide bonds. The number of aliphatic hydroxyl groups is 1. The first-order chi connectivity index (χ1) is 11.4. The van der Waals surface area contributed by atoms with Crippen molar-refractivity contribution < 1.29 is 19.7 Å². The molecule has 5 heteroatoms. The minimum Gasteiger partial charge on any atom is -0.508 e. The smallest absolute Gasteiger partial charge is 0.174 e. The maximum atomic E-state index is 12.7. The van der Waals surface area contributed by atoms with Gasteiger partial charge in [0.25, 0.3) is 0 Å². The third-order valence-electron chi connectivity index (χ3n) is 6.42. The highest BCUT2D eigenvalue weighted by Gasteiger charge is 2.70. The predicted octanol–water partition coefficient (Wildman–Crippen LogP) is 1.77. The van der Waals surface area contributed by atoms with Crippen molar-refractivity contribution in [3.63, 3.8) is 0 Å². The molecule has 24 heavy (non-hydrogen) atoms. The Morgan fingerprint density at radius 1 is 1.38 bits per heavy atom. The highest BCUT2D eigenvalue weighted by molar-refractivity contribution is 5.89. The van der Waals surface area contributed by atoms with Gasteiger partial charge in [-0.1, -0.05) is 13.3 Å². The van der Waals surface area contributed by atoms with Gasteiger partial charge in [0, 0.05) is 23.6 Å². The molecule has 1 heterocycles. The molecule has 4 rings (SSSR count). The summed E-state index contributed by atoms with van der Waals surface area (Å²) in [4.78, 5) is 14.7. The van der Waals surface area contributed by atoms with E-state index in [2.05, 4.69) is 6.92 Å². The first kappa shape index (κ1) is 15.9. The van der Waals surface area contributed by atoms with Crippen LogP contribution in [0.25, 0.3) is 0 Å². The normalized spacial score (nSPS) is 36.6. The lowest BCUT2D eigenvalue weighted by Crippen LogP contribution is -2.72. The summed E-state index contributed by atoms with van der Waals surface area (Å²) in [5, 5.41) is 22.4. The number of phenolic OH excluding ortho intramolecular Hbond substituents is 1. The van der Waals surface area contributed by atoms with Crippen LogP contribution in [0.2, 0.25) is 0 Å². The van der Waals surface area contributed by atoms with Crippen molar-refractivity contribution in [2.24, 2.45) is 0 Å². The maximum Gasteiger partial charge on any atom is 0.174 e. The monoisotopic (exact) mass is 331 g/mol. The molecular weight excluding hydrogens is 306 g/mol. The van der Waals surface area contributed by atoms with Gasteiger partial charge in [0.15, 0.2) is 11.9 Å². The summed E-state index contributed by atoms with van der Waals surface area (Å²) < 4.78 is 6.08. The summed E-state index contributed by atoms with van der Waals surface area (Å²) in [6, 6.07) is 3.23. The standard InChI is InChI=1S/C19H25NO4/c1-4-8-18-16-11-10-15(20(2)3)19(18,23)9-7-13(22)17(18)24-14(16)6-5-12(11)21/h5-6,15,17,21,23H,4,7-10H2,1-3H3/t15?,17?,18-,19?/m0/s1. The van der Waals surface area contributed by atoms with Crippen LogP contribution in [0.4, 0.5) is 0 Å².